The van der Waals surface area contributed by atoms with Crippen LogP contribution in [0.1, 0.15) is 20.8 Å². The summed E-state index contributed by atoms with van der Waals surface area (Å²) in [7, 11) is 0. The summed E-state index contributed by atoms with van der Waals surface area (Å²) in [5.74, 6) is -1.48. The monoisotopic (exact) mass is 228 g/mol. The minimum absolute atomic E-state index is 0.0189. The van der Waals surface area contributed by atoms with Crippen molar-refractivity contribution in [1.82, 2.24) is 10.6 Å². The molecule has 0 spiro atoms. The number of hydrogen-bond acceptors (Lipinski definition) is 2. The van der Waals surface area contributed by atoms with E-state index in [-0.39, 0.29) is 24.5 Å². The first-order valence-electron chi connectivity index (χ1n) is 5.28. The van der Waals surface area contributed by atoms with Crippen molar-refractivity contribution in [2.75, 3.05) is 6.54 Å². The van der Waals surface area contributed by atoms with Crippen molar-refractivity contribution >= 4 is 12.0 Å². The van der Waals surface area contributed by atoms with Gasteiger partial charge >= 0.3 is 12.0 Å². The van der Waals surface area contributed by atoms with Gasteiger partial charge in [0.2, 0.25) is 0 Å². The molecule has 0 aromatic heterocycles. The Morgan fingerprint density at radius 1 is 1.38 bits per heavy atom. The van der Waals surface area contributed by atoms with Crippen LogP contribution in [0.2, 0.25) is 0 Å². The van der Waals surface area contributed by atoms with E-state index in [1.165, 1.54) is 0 Å². The highest BCUT2D eigenvalue weighted by atomic mass is 16.4. The van der Waals surface area contributed by atoms with Crippen LogP contribution in [0.25, 0.3) is 0 Å². The van der Waals surface area contributed by atoms with Crippen LogP contribution in [0.15, 0.2) is 12.7 Å². The molecule has 0 saturated heterocycles. The average Bonchev–Trinajstić information content (AvgIpc) is 2.16. The first-order chi connectivity index (χ1) is 7.38. The lowest BCUT2D eigenvalue weighted by molar-refractivity contribution is -0.142. The Bertz CT molecular complexity index is 264. The zero-order valence-corrected chi connectivity index (χ0v) is 9.99. The standard InChI is InChI=1S/C11H20N2O3/c1-5-8(4)13-11(16)12-6-9(7(2)3)10(14)15/h5,7-9H,1,6H2,2-4H3,(H,14,15)(H2,12,13,16). The Morgan fingerprint density at radius 2 is 1.94 bits per heavy atom. The number of carbonyl (C=O) groups excluding carboxylic acids is 1. The molecule has 0 aromatic rings. The Labute approximate surface area is 95.9 Å². The van der Waals surface area contributed by atoms with Crippen molar-refractivity contribution in [3.8, 4) is 0 Å². The number of carbonyl (C=O) groups is 2. The second-order valence-electron chi connectivity index (χ2n) is 4.07. The Balaban J connectivity index is 4.06. The van der Waals surface area contributed by atoms with Crippen LogP contribution in [0.3, 0.4) is 0 Å². The summed E-state index contributed by atoms with van der Waals surface area (Å²) in [6, 6.07) is -0.512. The van der Waals surface area contributed by atoms with Crippen molar-refractivity contribution in [1.29, 1.82) is 0 Å². The van der Waals surface area contributed by atoms with Crippen molar-refractivity contribution in [3.63, 3.8) is 0 Å². The minimum Gasteiger partial charge on any atom is -0.481 e. The quantitative estimate of drug-likeness (QED) is 0.598. The zero-order chi connectivity index (χ0) is 12.7. The third kappa shape index (κ3) is 5.38. The molecule has 0 heterocycles. The highest BCUT2D eigenvalue weighted by molar-refractivity contribution is 5.76. The van der Waals surface area contributed by atoms with E-state index in [1.54, 1.807) is 13.0 Å². The molecule has 0 aliphatic rings. The molecule has 0 bridgehead atoms. The molecule has 5 heteroatoms. The third-order valence-electron chi connectivity index (χ3n) is 2.32. The molecule has 2 amide bonds. The molecule has 16 heavy (non-hydrogen) atoms. The van der Waals surface area contributed by atoms with Gasteiger partial charge in [-0.05, 0) is 12.8 Å². The van der Waals surface area contributed by atoms with Crippen LogP contribution in [0.4, 0.5) is 4.79 Å². The fourth-order valence-electron chi connectivity index (χ4n) is 1.13. The molecule has 0 aliphatic carbocycles. The highest BCUT2D eigenvalue weighted by Gasteiger charge is 2.21. The van der Waals surface area contributed by atoms with E-state index in [2.05, 4.69) is 17.2 Å². The number of rotatable bonds is 6. The number of aliphatic carboxylic acids is 1. The van der Waals surface area contributed by atoms with Gasteiger partial charge in [-0.2, -0.15) is 0 Å². The second-order valence-corrected chi connectivity index (χ2v) is 4.07. The van der Waals surface area contributed by atoms with E-state index < -0.39 is 11.9 Å². The number of hydrogen-bond donors (Lipinski definition) is 3. The lowest BCUT2D eigenvalue weighted by Gasteiger charge is -2.17. The summed E-state index contributed by atoms with van der Waals surface area (Å²) in [4.78, 5) is 22.1. The van der Waals surface area contributed by atoms with E-state index in [0.29, 0.717) is 0 Å². The van der Waals surface area contributed by atoms with Crippen LogP contribution in [0, 0.1) is 11.8 Å². The van der Waals surface area contributed by atoms with Crippen LogP contribution in [0.5, 0.6) is 0 Å². The van der Waals surface area contributed by atoms with Crippen LogP contribution >= 0.6 is 0 Å². The van der Waals surface area contributed by atoms with Gasteiger partial charge in [0.15, 0.2) is 0 Å². The maximum atomic E-state index is 11.3. The molecule has 0 radical (unpaired) electrons. The molecule has 3 N–H and O–H groups in total. The van der Waals surface area contributed by atoms with E-state index in [4.69, 9.17) is 5.11 Å². The van der Waals surface area contributed by atoms with Crippen LogP contribution in [-0.2, 0) is 4.79 Å². The topological polar surface area (TPSA) is 78.4 Å². The molecule has 2 atom stereocenters. The number of nitrogens with one attached hydrogen (secondary N) is 2. The molecule has 0 saturated carbocycles. The van der Waals surface area contributed by atoms with Gasteiger partial charge in [0, 0.05) is 12.6 Å². The molecule has 92 valence electrons. The number of amides is 2. The summed E-state index contributed by atoms with van der Waals surface area (Å²) in [6.45, 7) is 9.06. The smallest absolute Gasteiger partial charge is 0.315 e. The molecule has 2 unspecified atom stereocenters. The van der Waals surface area contributed by atoms with Crippen LogP contribution < -0.4 is 10.6 Å². The molecule has 0 rings (SSSR count). The summed E-state index contributed by atoms with van der Waals surface area (Å²) in [5.41, 5.74) is 0. The van der Waals surface area contributed by atoms with Gasteiger partial charge in [0.05, 0.1) is 5.92 Å². The summed E-state index contributed by atoms with van der Waals surface area (Å²) < 4.78 is 0. The maximum absolute atomic E-state index is 11.3. The average molecular weight is 228 g/mol. The van der Waals surface area contributed by atoms with E-state index in [1.807, 2.05) is 13.8 Å². The van der Waals surface area contributed by atoms with Gasteiger partial charge in [-0.3, -0.25) is 4.79 Å². The normalized spacial score (nSPS) is 14.0. The SMILES string of the molecule is C=CC(C)NC(=O)NCC(C(=O)O)C(C)C. The van der Waals surface area contributed by atoms with E-state index in [0.717, 1.165) is 0 Å². The number of urea groups is 1. The third-order valence-corrected chi connectivity index (χ3v) is 2.32. The first-order valence-corrected chi connectivity index (χ1v) is 5.28. The fraction of sp³-hybridized carbons (Fsp3) is 0.636. The van der Waals surface area contributed by atoms with Crippen molar-refractivity contribution < 1.29 is 14.7 Å². The zero-order valence-electron chi connectivity index (χ0n) is 9.99. The van der Waals surface area contributed by atoms with Crippen LogP contribution in [-0.4, -0.2) is 29.7 Å². The van der Waals surface area contributed by atoms with Gasteiger partial charge < -0.3 is 15.7 Å². The van der Waals surface area contributed by atoms with E-state index in [9.17, 15) is 9.59 Å². The summed E-state index contributed by atoms with van der Waals surface area (Å²) in [5, 5.41) is 14.0. The number of carboxylic acids is 1. The summed E-state index contributed by atoms with van der Waals surface area (Å²) in [6.07, 6.45) is 1.59. The van der Waals surface area contributed by atoms with Gasteiger partial charge in [0.1, 0.15) is 0 Å². The number of carboxylic acid groups (broad SMARTS) is 1. The van der Waals surface area contributed by atoms with Gasteiger partial charge in [-0.15, -0.1) is 6.58 Å². The minimum atomic E-state index is -0.896. The lowest BCUT2D eigenvalue weighted by atomic mass is 9.96. The Morgan fingerprint density at radius 3 is 2.31 bits per heavy atom. The van der Waals surface area contributed by atoms with E-state index >= 15 is 0 Å². The summed E-state index contributed by atoms with van der Waals surface area (Å²) >= 11 is 0. The molecule has 0 aromatic carbocycles. The Kier molecular flexibility index (Phi) is 6.22. The predicted octanol–water partition coefficient (Wildman–Crippen LogP) is 1.22. The molecular weight excluding hydrogens is 208 g/mol. The molecule has 5 nitrogen and oxygen atoms in total. The molecule has 0 fully saturated rings. The molecular formula is C11H20N2O3. The highest BCUT2D eigenvalue weighted by Crippen LogP contribution is 2.09. The lowest BCUT2D eigenvalue weighted by Crippen LogP contribution is -2.43. The Hall–Kier alpha value is -1.52. The largest absolute Gasteiger partial charge is 0.481 e. The van der Waals surface area contributed by atoms with Crippen molar-refractivity contribution in [3.05, 3.63) is 12.7 Å². The predicted molar refractivity (Wildman–Crippen MR) is 62.2 cm³/mol. The van der Waals surface area contributed by atoms with Gasteiger partial charge in [-0.1, -0.05) is 19.9 Å². The maximum Gasteiger partial charge on any atom is 0.315 e. The van der Waals surface area contributed by atoms with Crippen molar-refractivity contribution in [2.24, 2.45) is 11.8 Å². The second kappa shape index (κ2) is 6.87. The van der Waals surface area contributed by atoms with Gasteiger partial charge in [-0.25, -0.2) is 4.79 Å². The fourth-order valence-corrected chi connectivity index (χ4v) is 1.13. The molecule has 0 aliphatic heterocycles. The van der Waals surface area contributed by atoms with Gasteiger partial charge in [0.25, 0.3) is 0 Å². The van der Waals surface area contributed by atoms with Crippen molar-refractivity contribution in [2.45, 2.75) is 26.8 Å². The first kappa shape index (κ1) is 14.5.